The first-order valence-electron chi connectivity index (χ1n) is 5.26. The zero-order valence-electron chi connectivity index (χ0n) is 10.1. The second-order valence-corrected chi connectivity index (χ2v) is 6.70. The summed E-state index contributed by atoms with van der Waals surface area (Å²) in [6.07, 6.45) is 0. The fourth-order valence-corrected chi connectivity index (χ4v) is 3.86. The van der Waals surface area contributed by atoms with Crippen molar-refractivity contribution in [2.75, 3.05) is 4.72 Å². The van der Waals surface area contributed by atoms with Crippen LogP contribution in [-0.4, -0.2) is 18.3 Å². The summed E-state index contributed by atoms with van der Waals surface area (Å²) in [7, 11) is -3.89. The normalized spacial score (nSPS) is 11.2. The second kappa shape index (κ2) is 5.06. The van der Waals surface area contributed by atoms with E-state index in [4.69, 9.17) is 0 Å². The van der Waals surface area contributed by atoms with Gasteiger partial charge in [0.2, 0.25) is 0 Å². The molecule has 2 N–H and O–H groups in total. The lowest BCUT2D eigenvalue weighted by molar-refractivity contribution is -0.384. The van der Waals surface area contributed by atoms with Gasteiger partial charge in [0.25, 0.3) is 15.7 Å². The summed E-state index contributed by atoms with van der Waals surface area (Å²) in [5.74, 6) is 0. The summed E-state index contributed by atoms with van der Waals surface area (Å²) < 4.78 is 26.3. The van der Waals surface area contributed by atoms with Crippen molar-refractivity contribution in [2.45, 2.75) is 11.1 Å². The highest BCUT2D eigenvalue weighted by atomic mass is 32.2. The number of nitrogens with one attached hydrogen (secondary N) is 2. The van der Waals surface area contributed by atoms with Crippen LogP contribution in [0.3, 0.4) is 0 Å². The highest BCUT2D eigenvalue weighted by Gasteiger charge is 2.20. The van der Waals surface area contributed by atoms with Crippen LogP contribution in [0.1, 0.15) is 5.69 Å². The summed E-state index contributed by atoms with van der Waals surface area (Å²) in [5, 5.41) is 10.5. The van der Waals surface area contributed by atoms with Crippen LogP contribution >= 0.6 is 11.3 Å². The topological polar surface area (TPSA) is 122 Å². The minimum atomic E-state index is -3.89. The van der Waals surface area contributed by atoms with E-state index >= 15 is 0 Å². The summed E-state index contributed by atoms with van der Waals surface area (Å²) in [6, 6.07) is 4.93. The predicted octanol–water partition coefficient (Wildman–Crippen LogP) is 1.45. The Hall–Kier alpha value is -2.20. The van der Waals surface area contributed by atoms with E-state index in [0.717, 1.165) is 0 Å². The first kappa shape index (κ1) is 14.2. The van der Waals surface area contributed by atoms with Gasteiger partial charge in [-0.1, -0.05) is 11.3 Å². The molecule has 0 radical (unpaired) electrons. The van der Waals surface area contributed by atoms with Crippen molar-refractivity contribution >= 4 is 32.7 Å². The highest BCUT2D eigenvalue weighted by Crippen LogP contribution is 2.22. The average Bonchev–Trinajstić information content (AvgIpc) is 2.69. The molecule has 2 aromatic rings. The van der Waals surface area contributed by atoms with E-state index in [2.05, 4.69) is 9.71 Å². The number of aryl methyl sites for hydroxylation is 1. The van der Waals surface area contributed by atoms with Crippen LogP contribution in [0, 0.1) is 17.0 Å². The van der Waals surface area contributed by atoms with Crippen LogP contribution < -0.4 is 9.60 Å². The third kappa shape index (κ3) is 2.86. The Labute approximate surface area is 117 Å². The largest absolute Gasteiger partial charge is 0.315 e. The van der Waals surface area contributed by atoms with Gasteiger partial charge in [-0.2, -0.15) is 0 Å². The van der Waals surface area contributed by atoms with Crippen LogP contribution in [0.25, 0.3) is 0 Å². The maximum absolute atomic E-state index is 12.1. The number of rotatable bonds is 4. The molecule has 0 aliphatic heterocycles. The molecule has 0 aliphatic carbocycles. The third-order valence-electron chi connectivity index (χ3n) is 2.36. The first-order chi connectivity index (χ1) is 9.29. The lowest BCUT2D eigenvalue weighted by Crippen LogP contribution is -2.12. The molecule has 20 heavy (non-hydrogen) atoms. The Bertz CT molecular complexity index is 804. The molecule has 8 nitrogen and oxygen atoms in total. The van der Waals surface area contributed by atoms with Gasteiger partial charge in [0.15, 0.2) is 4.21 Å². The molecule has 0 amide bonds. The van der Waals surface area contributed by atoms with Crippen molar-refractivity contribution < 1.29 is 13.3 Å². The number of hydrogen-bond acceptors (Lipinski definition) is 6. The van der Waals surface area contributed by atoms with Gasteiger partial charge in [-0.25, -0.2) is 8.42 Å². The Morgan fingerprint density at radius 1 is 1.30 bits per heavy atom. The second-order valence-electron chi connectivity index (χ2n) is 3.84. The van der Waals surface area contributed by atoms with Crippen molar-refractivity contribution in [1.29, 1.82) is 0 Å². The van der Waals surface area contributed by atoms with Gasteiger partial charge >= 0.3 is 4.87 Å². The van der Waals surface area contributed by atoms with Crippen molar-refractivity contribution in [3.8, 4) is 0 Å². The zero-order valence-corrected chi connectivity index (χ0v) is 11.7. The van der Waals surface area contributed by atoms with E-state index in [1.165, 1.54) is 31.2 Å². The summed E-state index contributed by atoms with van der Waals surface area (Å²) >= 11 is 0.579. The molecule has 1 heterocycles. The first-order valence-corrected chi connectivity index (χ1v) is 7.56. The summed E-state index contributed by atoms with van der Waals surface area (Å²) in [5.41, 5.74) is 0.278. The molecule has 10 heteroatoms. The maximum Gasteiger partial charge on any atom is 0.306 e. The van der Waals surface area contributed by atoms with Crippen LogP contribution in [0.2, 0.25) is 0 Å². The van der Waals surface area contributed by atoms with Crippen LogP contribution in [0.5, 0.6) is 0 Å². The standard InChI is InChI=1S/C10H9N3O5S2/c1-6-9(19-10(14)11-6)20(17,18)12-7-2-4-8(5-3-7)13(15)16/h2-5,12H,1H3,(H,11,14). The number of anilines is 1. The number of aromatic amines is 1. The van der Waals surface area contributed by atoms with E-state index in [9.17, 15) is 23.3 Å². The quantitative estimate of drug-likeness (QED) is 0.653. The number of nitro groups is 1. The Kier molecular flexibility index (Phi) is 3.59. The Morgan fingerprint density at radius 3 is 2.35 bits per heavy atom. The number of thiazole rings is 1. The Morgan fingerprint density at radius 2 is 1.90 bits per heavy atom. The summed E-state index contributed by atoms with van der Waals surface area (Å²) in [4.78, 5) is 23.0. The molecule has 0 spiro atoms. The van der Waals surface area contributed by atoms with Crippen molar-refractivity contribution in [1.82, 2.24) is 4.98 Å². The number of non-ortho nitro benzene ring substituents is 1. The fraction of sp³-hybridized carbons (Fsp3) is 0.100. The van der Waals surface area contributed by atoms with E-state index in [1.807, 2.05) is 0 Å². The van der Waals surface area contributed by atoms with Gasteiger partial charge in [-0.05, 0) is 19.1 Å². The molecular formula is C10H9N3O5S2. The average molecular weight is 315 g/mol. The van der Waals surface area contributed by atoms with E-state index in [0.29, 0.717) is 11.3 Å². The molecule has 106 valence electrons. The number of sulfonamides is 1. The minimum absolute atomic E-state index is 0.110. The van der Waals surface area contributed by atoms with Crippen molar-refractivity contribution in [3.05, 3.63) is 49.7 Å². The van der Waals surface area contributed by atoms with E-state index < -0.39 is 19.8 Å². The lowest BCUT2D eigenvalue weighted by Gasteiger charge is -2.06. The smallest absolute Gasteiger partial charge is 0.306 e. The van der Waals surface area contributed by atoms with Gasteiger partial charge in [-0.15, -0.1) is 0 Å². The number of benzene rings is 1. The molecule has 1 aromatic carbocycles. The monoisotopic (exact) mass is 315 g/mol. The van der Waals surface area contributed by atoms with Crippen molar-refractivity contribution in [3.63, 3.8) is 0 Å². The molecule has 0 aliphatic rings. The van der Waals surface area contributed by atoms with Gasteiger partial charge < -0.3 is 4.98 Å². The van der Waals surface area contributed by atoms with Crippen LogP contribution in [-0.2, 0) is 10.0 Å². The molecule has 0 unspecified atom stereocenters. The number of hydrogen-bond donors (Lipinski definition) is 2. The van der Waals surface area contributed by atoms with Gasteiger partial charge in [0, 0.05) is 23.5 Å². The molecular weight excluding hydrogens is 306 g/mol. The molecule has 0 bridgehead atoms. The number of nitro benzene ring substituents is 1. The predicted molar refractivity (Wildman–Crippen MR) is 73.6 cm³/mol. The van der Waals surface area contributed by atoms with Crippen molar-refractivity contribution in [2.24, 2.45) is 0 Å². The molecule has 0 atom stereocenters. The molecule has 0 fully saturated rings. The van der Waals surface area contributed by atoms with Gasteiger partial charge in [0.05, 0.1) is 4.92 Å². The van der Waals surface area contributed by atoms with Crippen LogP contribution in [0.15, 0.2) is 33.3 Å². The van der Waals surface area contributed by atoms with E-state index in [-0.39, 0.29) is 21.3 Å². The van der Waals surface area contributed by atoms with Crippen LogP contribution in [0.4, 0.5) is 11.4 Å². The number of aromatic nitrogens is 1. The van der Waals surface area contributed by atoms with Gasteiger partial charge in [0.1, 0.15) is 0 Å². The zero-order chi connectivity index (χ0) is 14.9. The molecule has 0 saturated heterocycles. The number of H-pyrrole nitrogens is 1. The highest BCUT2D eigenvalue weighted by molar-refractivity contribution is 7.94. The number of nitrogens with zero attached hydrogens (tertiary/aromatic N) is 1. The van der Waals surface area contributed by atoms with E-state index in [1.54, 1.807) is 0 Å². The van der Waals surface area contributed by atoms with Gasteiger partial charge in [-0.3, -0.25) is 19.6 Å². The Balaban J connectivity index is 2.31. The minimum Gasteiger partial charge on any atom is -0.315 e. The lowest BCUT2D eigenvalue weighted by atomic mass is 10.3. The summed E-state index contributed by atoms with van der Waals surface area (Å²) in [6.45, 7) is 1.47. The maximum atomic E-state index is 12.1. The third-order valence-corrected chi connectivity index (χ3v) is 5.34. The molecule has 0 saturated carbocycles. The molecule has 1 aromatic heterocycles. The molecule has 2 rings (SSSR count). The SMILES string of the molecule is Cc1[nH]c(=O)sc1S(=O)(=O)Nc1ccc([N+](=O)[O-])cc1. The fourth-order valence-electron chi connectivity index (χ4n) is 1.50.